The van der Waals surface area contributed by atoms with Gasteiger partial charge in [-0.15, -0.1) is 0 Å². The predicted octanol–water partition coefficient (Wildman–Crippen LogP) is 1.82. The van der Waals surface area contributed by atoms with E-state index < -0.39 is 11.5 Å². The molecule has 4 nitrogen and oxygen atoms in total. The van der Waals surface area contributed by atoms with Crippen LogP contribution in [-0.2, 0) is 10.3 Å². The summed E-state index contributed by atoms with van der Waals surface area (Å²) in [5, 5.41) is 11.0. The van der Waals surface area contributed by atoms with Gasteiger partial charge in [0.2, 0.25) is 0 Å². The zero-order valence-electron chi connectivity index (χ0n) is 9.11. The average Bonchev–Trinajstić information content (AvgIpc) is 2.52. The number of nitrogens with zero attached hydrogens (tertiary/aromatic N) is 1. The van der Waals surface area contributed by atoms with Crippen molar-refractivity contribution in [1.82, 2.24) is 4.57 Å². The van der Waals surface area contributed by atoms with E-state index >= 15 is 0 Å². The first-order valence-electron chi connectivity index (χ1n) is 4.90. The van der Waals surface area contributed by atoms with Crippen LogP contribution in [0.2, 0.25) is 0 Å². The third-order valence-electron chi connectivity index (χ3n) is 2.86. The van der Waals surface area contributed by atoms with Gasteiger partial charge in [0.1, 0.15) is 5.54 Å². The Labute approximate surface area is 92.2 Å². The molecule has 0 fully saturated rings. The third-order valence-corrected chi connectivity index (χ3v) is 3.70. The topological polar surface area (TPSA) is 59.3 Å². The van der Waals surface area contributed by atoms with Gasteiger partial charge in [0.25, 0.3) is 0 Å². The molecule has 5 heteroatoms. The maximum Gasteiger partial charge on any atom is 0.330 e. The van der Waals surface area contributed by atoms with Crippen molar-refractivity contribution in [1.29, 1.82) is 0 Å². The Morgan fingerprint density at radius 1 is 1.53 bits per heavy atom. The van der Waals surface area contributed by atoms with E-state index in [-0.39, 0.29) is 4.87 Å². The zero-order chi connectivity index (χ0) is 11.6. The summed E-state index contributed by atoms with van der Waals surface area (Å²) in [5.41, 5.74) is -0.364. The number of carbonyl (C=O) groups is 1. The second kappa shape index (κ2) is 4.18. The molecule has 0 saturated heterocycles. The monoisotopic (exact) mass is 229 g/mol. The molecule has 0 aromatic carbocycles. The van der Waals surface area contributed by atoms with E-state index in [1.807, 2.05) is 0 Å². The van der Waals surface area contributed by atoms with E-state index in [4.69, 9.17) is 0 Å². The summed E-state index contributed by atoms with van der Waals surface area (Å²) in [7, 11) is 0. The summed E-state index contributed by atoms with van der Waals surface area (Å²) < 4.78 is 1.40. The Bertz CT molecular complexity index is 415. The van der Waals surface area contributed by atoms with E-state index in [9.17, 15) is 14.7 Å². The molecule has 0 aliphatic rings. The highest BCUT2D eigenvalue weighted by Gasteiger charge is 2.39. The van der Waals surface area contributed by atoms with Gasteiger partial charge in [-0.1, -0.05) is 25.2 Å². The van der Waals surface area contributed by atoms with Crippen molar-refractivity contribution >= 4 is 17.3 Å². The van der Waals surface area contributed by atoms with Crippen molar-refractivity contribution in [3.05, 3.63) is 20.7 Å². The highest BCUT2D eigenvalue weighted by atomic mass is 32.1. The lowest BCUT2D eigenvalue weighted by Crippen LogP contribution is -2.45. The van der Waals surface area contributed by atoms with Gasteiger partial charge >= 0.3 is 10.8 Å². The largest absolute Gasteiger partial charge is 0.479 e. The minimum absolute atomic E-state index is 0.196. The van der Waals surface area contributed by atoms with Crippen LogP contribution in [0.3, 0.4) is 0 Å². The first kappa shape index (κ1) is 12.0. The Hall–Kier alpha value is -1.10. The van der Waals surface area contributed by atoms with E-state index in [0.29, 0.717) is 12.8 Å². The standard InChI is InChI=1S/C10H15NO3S/c1-4-10(5-2,8(12)13)11-7(3)6-15-9(11)14/h6H,4-5H2,1-3H3,(H,12,13). The molecule has 0 amide bonds. The molecule has 0 radical (unpaired) electrons. The second-order valence-electron chi connectivity index (χ2n) is 3.52. The minimum atomic E-state index is -1.08. The highest BCUT2D eigenvalue weighted by Crippen LogP contribution is 2.26. The number of hydrogen-bond acceptors (Lipinski definition) is 3. The van der Waals surface area contributed by atoms with E-state index in [2.05, 4.69) is 0 Å². The Morgan fingerprint density at radius 2 is 2.07 bits per heavy atom. The number of rotatable bonds is 4. The number of carboxylic acid groups (broad SMARTS) is 1. The van der Waals surface area contributed by atoms with Crippen LogP contribution in [0.15, 0.2) is 10.2 Å². The Kier molecular flexibility index (Phi) is 3.34. The lowest BCUT2D eigenvalue weighted by Gasteiger charge is -2.28. The SMILES string of the molecule is CCC(CC)(C(=O)O)n1c(C)csc1=O. The third kappa shape index (κ3) is 1.71. The van der Waals surface area contributed by atoms with Gasteiger partial charge in [0, 0.05) is 11.1 Å². The van der Waals surface area contributed by atoms with Crippen molar-refractivity contribution < 1.29 is 9.90 Å². The van der Waals surface area contributed by atoms with Crippen LogP contribution < -0.4 is 4.87 Å². The molecule has 0 aliphatic carbocycles. The molecule has 1 aromatic rings. The van der Waals surface area contributed by atoms with Crippen molar-refractivity contribution in [2.24, 2.45) is 0 Å². The van der Waals surface area contributed by atoms with Gasteiger partial charge in [0.15, 0.2) is 0 Å². The number of aliphatic carboxylic acids is 1. The number of aryl methyl sites for hydroxylation is 1. The summed E-state index contributed by atoms with van der Waals surface area (Å²) in [4.78, 5) is 22.8. The number of aromatic nitrogens is 1. The van der Waals surface area contributed by atoms with Crippen molar-refractivity contribution in [3.8, 4) is 0 Å². The normalized spacial score (nSPS) is 11.7. The van der Waals surface area contributed by atoms with E-state index in [1.54, 1.807) is 26.2 Å². The molecule has 1 aromatic heterocycles. The number of hydrogen-bond donors (Lipinski definition) is 1. The predicted molar refractivity (Wildman–Crippen MR) is 59.5 cm³/mol. The lowest BCUT2D eigenvalue weighted by atomic mass is 9.92. The van der Waals surface area contributed by atoms with Gasteiger partial charge in [-0.25, -0.2) is 4.79 Å². The molecule has 0 atom stereocenters. The summed E-state index contributed by atoms with van der Waals surface area (Å²) in [6.07, 6.45) is 0.826. The molecule has 1 heterocycles. The molecule has 0 spiro atoms. The van der Waals surface area contributed by atoms with Crippen LogP contribution in [0, 0.1) is 6.92 Å². The van der Waals surface area contributed by atoms with Crippen molar-refractivity contribution in [3.63, 3.8) is 0 Å². The lowest BCUT2D eigenvalue weighted by molar-refractivity contribution is -0.148. The molecule has 1 rings (SSSR count). The van der Waals surface area contributed by atoms with Gasteiger partial charge in [0.05, 0.1) is 0 Å². The fraction of sp³-hybridized carbons (Fsp3) is 0.600. The van der Waals surface area contributed by atoms with Gasteiger partial charge in [-0.3, -0.25) is 9.36 Å². The molecule has 0 saturated carbocycles. The van der Waals surface area contributed by atoms with Crippen LogP contribution in [0.4, 0.5) is 0 Å². The summed E-state index contributed by atoms with van der Waals surface area (Å²) >= 11 is 1.05. The van der Waals surface area contributed by atoms with Crippen molar-refractivity contribution in [2.75, 3.05) is 0 Å². The van der Waals surface area contributed by atoms with Gasteiger partial charge in [-0.05, 0) is 19.8 Å². The Morgan fingerprint density at radius 3 is 2.33 bits per heavy atom. The van der Waals surface area contributed by atoms with Crippen LogP contribution in [0.1, 0.15) is 32.4 Å². The minimum Gasteiger partial charge on any atom is -0.479 e. The molecule has 0 unspecified atom stereocenters. The molecule has 0 aliphatic heterocycles. The smallest absolute Gasteiger partial charge is 0.330 e. The first-order chi connectivity index (χ1) is 6.99. The molecule has 84 valence electrons. The highest BCUT2D eigenvalue weighted by molar-refractivity contribution is 7.07. The second-order valence-corrected chi connectivity index (χ2v) is 4.34. The first-order valence-corrected chi connectivity index (χ1v) is 5.78. The summed E-state index contributed by atoms with van der Waals surface area (Å²) in [6.45, 7) is 5.35. The summed E-state index contributed by atoms with van der Waals surface area (Å²) in [5.74, 6) is -0.934. The van der Waals surface area contributed by atoms with E-state index in [0.717, 1.165) is 17.0 Å². The average molecular weight is 229 g/mol. The van der Waals surface area contributed by atoms with E-state index in [1.165, 1.54) is 4.57 Å². The molecular formula is C10H15NO3S. The molecule has 1 N–H and O–H groups in total. The number of carboxylic acids is 1. The van der Waals surface area contributed by atoms with Gasteiger partial charge in [-0.2, -0.15) is 0 Å². The molecule has 0 bridgehead atoms. The van der Waals surface area contributed by atoms with Crippen LogP contribution in [0.25, 0.3) is 0 Å². The Balaban J connectivity index is 3.45. The zero-order valence-corrected chi connectivity index (χ0v) is 9.93. The number of thiazole rings is 1. The maximum absolute atomic E-state index is 11.6. The van der Waals surface area contributed by atoms with Gasteiger partial charge < -0.3 is 5.11 Å². The quantitative estimate of drug-likeness (QED) is 0.856. The molecular weight excluding hydrogens is 214 g/mol. The van der Waals surface area contributed by atoms with Crippen LogP contribution in [0.5, 0.6) is 0 Å². The fourth-order valence-electron chi connectivity index (χ4n) is 1.86. The van der Waals surface area contributed by atoms with Crippen molar-refractivity contribution in [2.45, 2.75) is 39.2 Å². The van der Waals surface area contributed by atoms with Crippen LogP contribution >= 0.6 is 11.3 Å². The van der Waals surface area contributed by atoms with Crippen LogP contribution in [-0.4, -0.2) is 15.6 Å². The summed E-state index contributed by atoms with van der Waals surface area (Å²) in [6, 6.07) is 0. The molecule has 15 heavy (non-hydrogen) atoms. The maximum atomic E-state index is 11.6. The fourth-order valence-corrected chi connectivity index (χ4v) is 2.66.